The fourth-order valence-electron chi connectivity index (χ4n) is 3.82. The Kier molecular flexibility index (Phi) is 7.10. The molecule has 1 saturated heterocycles. The lowest BCUT2D eigenvalue weighted by Crippen LogP contribution is -2.50. The van der Waals surface area contributed by atoms with Crippen LogP contribution in [0.3, 0.4) is 0 Å². The van der Waals surface area contributed by atoms with Crippen molar-refractivity contribution in [2.75, 3.05) is 37.6 Å². The second kappa shape index (κ2) is 9.74. The van der Waals surface area contributed by atoms with Gasteiger partial charge in [-0.05, 0) is 35.6 Å². The summed E-state index contributed by atoms with van der Waals surface area (Å²) in [6.45, 7) is 10.7. The molecule has 1 amide bonds. The van der Waals surface area contributed by atoms with Crippen molar-refractivity contribution < 1.29 is 4.79 Å². The number of benzene rings is 2. The molecular weight excluding hydrogens is 346 g/mol. The molecule has 2 aromatic rings. The molecule has 1 aliphatic rings. The number of amides is 1. The van der Waals surface area contributed by atoms with Crippen LogP contribution in [0.2, 0.25) is 0 Å². The van der Waals surface area contributed by atoms with Gasteiger partial charge in [-0.3, -0.25) is 9.69 Å². The van der Waals surface area contributed by atoms with E-state index in [1.165, 1.54) is 16.8 Å². The van der Waals surface area contributed by atoms with Crippen LogP contribution < -0.4 is 10.2 Å². The number of carbonyl (C=O) groups is 1. The first kappa shape index (κ1) is 20.4. The Bertz CT molecular complexity index is 734. The van der Waals surface area contributed by atoms with E-state index in [1.54, 1.807) is 0 Å². The largest absolute Gasteiger partial charge is 0.369 e. The molecular formula is C24H33N3O. The first-order valence-corrected chi connectivity index (χ1v) is 10.5. The highest BCUT2D eigenvalue weighted by atomic mass is 16.2. The van der Waals surface area contributed by atoms with Crippen molar-refractivity contribution >= 4 is 11.6 Å². The van der Waals surface area contributed by atoms with E-state index < -0.39 is 0 Å². The third-order valence-electron chi connectivity index (χ3n) is 5.59. The molecule has 4 heteroatoms. The number of aryl methyl sites for hydroxylation is 1. The predicted molar refractivity (Wildman–Crippen MR) is 117 cm³/mol. The molecule has 1 atom stereocenters. The molecule has 28 heavy (non-hydrogen) atoms. The summed E-state index contributed by atoms with van der Waals surface area (Å²) in [4.78, 5) is 17.4. The van der Waals surface area contributed by atoms with Crippen LogP contribution in [0, 0.1) is 5.92 Å². The molecule has 0 unspecified atom stereocenters. The van der Waals surface area contributed by atoms with Crippen LogP contribution in [0.15, 0.2) is 54.6 Å². The van der Waals surface area contributed by atoms with Crippen molar-refractivity contribution in [3.05, 3.63) is 65.7 Å². The lowest BCUT2D eigenvalue weighted by Gasteiger charge is -2.36. The summed E-state index contributed by atoms with van der Waals surface area (Å²) < 4.78 is 0. The third kappa shape index (κ3) is 5.35. The smallest absolute Gasteiger partial charge is 0.234 e. The van der Waals surface area contributed by atoms with Crippen molar-refractivity contribution in [1.29, 1.82) is 0 Å². The second-order valence-electron chi connectivity index (χ2n) is 7.98. The maximum Gasteiger partial charge on any atom is 0.234 e. The summed E-state index contributed by atoms with van der Waals surface area (Å²) in [5, 5.41) is 3.27. The highest BCUT2D eigenvalue weighted by Crippen LogP contribution is 2.22. The molecule has 0 aromatic heterocycles. The molecule has 0 bridgehead atoms. The topological polar surface area (TPSA) is 35.6 Å². The van der Waals surface area contributed by atoms with Crippen molar-refractivity contribution in [3.8, 4) is 0 Å². The minimum atomic E-state index is 0.0593. The van der Waals surface area contributed by atoms with Crippen molar-refractivity contribution in [2.45, 2.75) is 33.2 Å². The van der Waals surface area contributed by atoms with Crippen LogP contribution in [-0.4, -0.2) is 43.5 Å². The number of piperazine rings is 1. The van der Waals surface area contributed by atoms with Crippen LogP contribution in [0.1, 0.15) is 37.9 Å². The maximum absolute atomic E-state index is 12.7. The van der Waals surface area contributed by atoms with Gasteiger partial charge in [-0.15, -0.1) is 0 Å². The lowest BCUT2D eigenvalue weighted by molar-refractivity contribution is -0.123. The van der Waals surface area contributed by atoms with Crippen LogP contribution in [0.5, 0.6) is 0 Å². The summed E-state index contributed by atoms with van der Waals surface area (Å²) in [6.07, 6.45) is 1.04. The first-order valence-electron chi connectivity index (χ1n) is 10.5. The van der Waals surface area contributed by atoms with Crippen LogP contribution in [-0.2, 0) is 11.2 Å². The number of para-hydroxylation sites is 1. The number of nitrogens with one attached hydrogen (secondary N) is 1. The van der Waals surface area contributed by atoms with Crippen molar-refractivity contribution in [3.63, 3.8) is 0 Å². The molecule has 150 valence electrons. The molecule has 1 aliphatic heterocycles. The van der Waals surface area contributed by atoms with Gasteiger partial charge in [-0.25, -0.2) is 0 Å². The molecule has 4 nitrogen and oxygen atoms in total. The predicted octanol–water partition coefficient (Wildman–Crippen LogP) is 3.88. The van der Waals surface area contributed by atoms with Crippen molar-refractivity contribution in [1.82, 2.24) is 10.2 Å². The third-order valence-corrected chi connectivity index (χ3v) is 5.59. The van der Waals surface area contributed by atoms with E-state index in [2.05, 4.69) is 84.4 Å². The SMILES string of the molecule is CCc1ccc([C@@H](NC(=O)CN2CCN(c3ccccc3)CC2)C(C)C)cc1. The number of anilines is 1. The summed E-state index contributed by atoms with van der Waals surface area (Å²) in [7, 11) is 0. The number of nitrogens with zero attached hydrogens (tertiary/aromatic N) is 2. The average Bonchev–Trinajstić information content (AvgIpc) is 2.73. The van der Waals surface area contributed by atoms with E-state index in [1.807, 2.05) is 6.07 Å². The number of carbonyl (C=O) groups excluding carboxylic acids is 1. The van der Waals surface area contributed by atoms with Gasteiger partial charge in [0.2, 0.25) is 5.91 Å². The Labute approximate surface area is 169 Å². The Morgan fingerprint density at radius 3 is 2.18 bits per heavy atom. The fourth-order valence-corrected chi connectivity index (χ4v) is 3.82. The fraction of sp³-hybridized carbons (Fsp3) is 0.458. The zero-order valence-electron chi connectivity index (χ0n) is 17.4. The standard InChI is InChI=1S/C24H33N3O/c1-4-20-10-12-21(13-11-20)24(19(2)3)25-23(28)18-26-14-16-27(17-15-26)22-8-6-5-7-9-22/h5-13,19,24H,4,14-18H2,1-3H3,(H,25,28)/t24-/m0/s1. The summed E-state index contributed by atoms with van der Waals surface area (Å²) >= 11 is 0. The number of rotatable bonds is 7. The number of hydrogen-bond acceptors (Lipinski definition) is 3. The Morgan fingerprint density at radius 1 is 0.964 bits per heavy atom. The molecule has 1 heterocycles. The Balaban J connectivity index is 1.52. The molecule has 2 aromatic carbocycles. The Hall–Kier alpha value is -2.33. The normalized spacial score (nSPS) is 16.2. The zero-order chi connectivity index (χ0) is 19.9. The van der Waals surface area contributed by atoms with Gasteiger partial charge >= 0.3 is 0 Å². The molecule has 1 N–H and O–H groups in total. The minimum absolute atomic E-state index is 0.0593. The first-order chi connectivity index (χ1) is 13.6. The van der Waals surface area contributed by atoms with E-state index in [0.717, 1.165) is 32.6 Å². The molecule has 3 rings (SSSR count). The molecule has 1 fully saturated rings. The monoisotopic (exact) mass is 379 g/mol. The van der Waals surface area contributed by atoms with Gasteiger partial charge in [0.1, 0.15) is 0 Å². The highest BCUT2D eigenvalue weighted by Gasteiger charge is 2.22. The molecule has 0 saturated carbocycles. The van der Waals surface area contributed by atoms with E-state index in [9.17, 15) is 4.79 Å². The average molecular weight is 380 g/mol. The van der Waals surface area contributed by atoms with Gasteiger partial charge in [-0.1, -0.05) is 63.2 Å². The molecule has 0 aliphatic carbocycles. The van der Waals surface area contributed by atoms with Gasteiger partial charge < -0.3 is 10.2 Å². The Morgan fingerprint density at radius 2 is 1.61 bits per heavy atom. The van der Waals surface area contributed by atoms with E-state index in [-0.39, 0.29) is 11.9 Å². The lowest BCUT2D eigenvalue weighted by atomic mass is 9.95. The van der Waals surface area contributed by atoms with E-state index in [4.69, 9.17) is 0 Å². The second-order valence-corrected chi connectivity index (χ2v) is 7.98. The summed E-state index contributed by atoms with van der Waals surface area (Å²) in [6, 6.07) is 19.2. The zero-order valence-corrected chi connectivity index (χ0v) is 17.4. The van der Waals surface area contributed by atoms with E-state index in [0.29, 0.717) is 12.5 Å². The highest BCUT2D eigenvalue weighted by molar-refractivity contribution is 5.78. The summed E-state index contributed by atoms with van der Waals surface area (Å²) in [5.41, 5.74) is 3.78. The van der Waals surface area contributed by atoms with Gasteiger partial charge in [0.15, 0.2) is 0 Å². The van der Waals surface area contributed by atoms with Crippen LogP contribution in [0.4, 0.5) is 5.69 Å². The van der Waals surface area contributed by atoms with Gasteiger partial charge in [0, 0.05) is 31.9 Å². The minimum Gasteiger partial charge on any atom is -0.369 e. The number of hydrogen-bond donors (Lipinski definition) is 1. The summed E-state index contributed by atoms with van der Waals surface area (Å²) in [5.74, 6) is 0.470. The quantitative estimate of drug-likeness (QED) is 0.793. The maximum atomic E-state index is 12.7. The van der Waals surface area contributed by atoms with Crippen LogP contribution in [0.25, 0.3) is 0 Å². The molecule has 0 radical (unpaired) electrons. The van der Waals surface area contributed by atoms with Gasteiger partial charge in [0.25, 0.3) is 0 Å². The van der Waals surface area contributed by atoms with Crippen LogP contribution >= 0.6 is 0 Å². The van der Waals surface area contributed by atoms with E-state index >= 15 is 0 Å². The van der Waals surface area contributed by atoms with Gasteiger partial charge in [0.05, 0.1) is 12.6 Å². The van der Waals surface area contributed by atoms with Gasteiger partial charge in [-0.2, -0.15) is 0 Å². The molecule has 0 spiro atoms. The van der Waals surface area contributed by atoms with Crippen molar-refractivity contribution in [2.24, 2.45) is 5.92 Å².